The number of hydrogen-bond donors (Lipinski definition) is 1. The molecule has 0 aliphatic rings. The van der Waals surface area contributed by atoms with E-state index < -0.39 is 0 Å². The van der Waals surface area contributed by atoms with Gasteiger partial charge in [0, 0.05) is 5.71 Å². The van der Waals surface area contributed by atoms with Crippen LogP contribution >= 0.6 is 0 Å². The number of rotatable bonds is 13. The number of benzene rings is 2. The number of para-hydroxylation sites is 2. The van der Waals surface area contributed by atoms with Gasteiger partial charge in [-0.3, -0.25) is 4.79 Å². The van der Waals surface area contributed by atoms with E-state index in [2.05, 4.69) is 17.5 Å². The standard InChI is InChI=1S/C24H32N2O3/c1-3-4-5-6-8-13-20(2)25-26-24(27)22-16-11-12-17-23(22)29-19-18-28-21-14-9-7-10-15-21/h7,9-12,14-17H,3-6,8,13,18-19H2,1-2H3,(H,26,27). The number of hydrogen-bond acceptors (Lipinski definition) is 4. The fourth-order valence-electron chi connectivity index (χ4n) is 2.85. The van der Waals surface area contributed by atoms with Crippen molar-refractivity contribution in [2.75, 3.05) is 13.2 Å². The van der Waals surface area contributed by atoms with E-state index in [1.807, 2.05) is 49.4 Å². The van der Waals surface area contributed by atoms with Crippen LogP contribution in [0, 0.1) is 0 Å². The van der Waals surface area contributed by atoms with Crippen molar-refractivity contribution in [3.8, 4) is 11.5 Å². The molecule has 0 bridgehead atoms. The average Bonchev–Trinajstić information content (AvgIpc) is 2.76. The Morgan fingerprint density at radius 2 is 1.59 bits per heavy atom. The molecule has 0 saturated heterocycles. The van der Waals surface area contributed by atoms with Crippen molar-refractivity contribution in [2.45, 2.75) is 52.4 Å². The van der Waals surface area contributed by atoms with E-state index in [-0.39, 0.29) is 5.91 Å². The molecular formula is C24H32N2O3. The summed E-state index contributed by atoms with van der Waals surface area (Å²) in [4.78, 5) is 12.5. The van der Waals surface area contributed by atoms with Crippen molar-refractivity contribution in [1.82, 2.24) is 5.43 Å². The average molecular weight is 397 g/mol. The summed E-state index contributed by atoms with van der Waals surface area (Å²) >= 11 is 0. The van der Waals surface area contributed by atoms with E-state index in [1.165, 1.54) is 25.7 Å². The number of unbranched alkanes of at least 4 members (excludes halogenated alkanes) is 4. The maximum Gasteiger partial charge on any atom is 0.275 e. The molecule has 0 heterocycles. The van der Waals surface area contributed by atoms with Crippen molar-refractivity contribution in [3.63, 3.8) is 0 Å². The van der Waals surface area contributed by atoms with Gasteiger partial charge in [0.05, 0.1) is 5.56 Å². The minimum atomic E-state index is -0.269. The zero-order valence-electron chi connectivity index (χ0n) is 17.5. The van der Waals surface area contributed by atoms with Crippen LogP contribution in [0.1, 0.15) is 62.7 Å². The van der Waals surface area contributed by atoms with Gasteiger partial charge in [0.2, 0.25) is 0 Å². The molecule has 0 atom stereocenters. The fourth-order valence-corrected chi connectivity index (χ4v) is 2.85. The molecule has 0 aliphatic heterocycles. The second kappa shape index (κ2) is 13.4. The summed E-state index contributed by atoms with van der Waals surface area (Å²) < 4.78 is 11.4. The Morgan fingerprint density at radius 1 is 0.897 bits per heavy atom. The Hall–Kier alpha value is -2.82. The van der Waals surface area contributed by atoms with Gasteiger partial charge in [-0.1, -0.05) is 62.9 Å². The molecule has 1 amide bonds. The van der Waals surface area contributed by atoms with Gasteiger partial charge in [-0.2, -0.15) is 5.10 Å². The molecule has 0 unspecified atom stereocenters. The zero-order valence-corrected chi connectivity index (χ0v) is 17.5. The molecule has 2 rings (SSSR count). The lowest BCUT2D eigenvalue weighted by Gasteiger charge is -2.11. The molecule has 29 heavy (non-hydrogen) atoms. The zero-order chi connectivity index (χ0) is 20.7. The molecule has 2 aromatic carbocycles. The third-order valence-corrected chi connectivity index (χ3v) is 4.47. The van der Waals surface area contributed by atoms with Gasteiger partial charge in [0.15, 0.2) is 0 Å². The number of carbonyl (C=O) groups is 1. The number of carbonyl (C=O) groups excluding carboxylic acids is 1. The fraction of sp³-hybridized carbons (Fsp3) is 0.417. The van der Waals surface area contributed by atoms with E-state index in [0.717, 1.165) is 24.3 Å². The Kier molecular flexibility index (Phi) is 10.4. The highest BCUT2D eigenvalue weighted by Gasteiger charge is 2.11. The van der Waals surface area contributed by atoms with Crippen molar-refractivity contribution < 1.29 is 14.3 Å². The van der Waals surface area contributed by atoms with Gasteiger partial charge in [-0.05, 0) is 44.0 Å². The number of nitrogens with zero attached hydrogens (tertiary/aromatic N) is 1. The van der Waals surface area contributed by atoms with Gasteiger partial charge in [0.1, 0.15) is 24.7 Å². The van der Waals surface area contributed by atoms with Crippen LogP contribution in [0.3, 0.4) is 0 Å². The molecular weight excluding hydrogens is 364 g/mol. The van der Waals surface area contributed by atoms with Crippen LogP contribution < -0.4 is 14.9 Å². The summed E-state index contributed by atoms with van der Waals surface area (Å²) in [6, 6.07) is 16.7. The molecule has 5 nitrogen and oxygen atoms in total. The van der Waals surface area contributed by atoms with Crippen LogP contribution in [0.5, 0.6) is 11.5 Å². The Bertz CT molecular complexity index is 760. The van der Waals surface area contributed by atoms with Crippen LogP contribution in [-0.4, -0.2) is 24.8 Å². The molecule has 0 saturated carbocycles. The highest BCUT2D eigenvalue weighted by molar-refractivity contribution is 5.97. The minimum absolute atomic E-state index is 0.269. The summed E-state index contributed by atoms with van der Waals surface area (Å²) in [5, 5.41) is 4.23. The highest BCUT2D eigenvalue weighted by Crippen LogP contribution is 2.18. The first-order chi connectivity index (χ1) is 14.2. The summed E-state index contributed by atoms with van der Waals surface area (Å²) in [6.45, 7) is 4.90. The predicted molar refractivity (Wildman–Crippen MR) is 118 cm³/mol. The largest absolute Gasteiger partial charge is 0.490 e. The summed E-state index contributed by atoms with van der Waals surface area (Å²) in [7, 11) is 0. The first-order valence-electron chi connectivity index (χ1n) is 10.4. The first-order valence-corrected chi connectivity index (χ1v) is 10.4. The molecule has 0 fully saturated rings. The Balaban J connectivity index is 1.78. The quantitative estimate of drug-likeness (QED) is 0.272. The number of amides is 1. The SMILES string of the molecule is CCCCCCCC(C)=NNC(=O)c1ccccc1OCCOc1ccccc1. The van der Waals surface area contributed by atoms with Gasteiger partial charge in [-0.25, -0.2) is 5.43 Å². The van der Waals surface area contributed by atoms with E-state index in [4.69, 9.17) is 9.47 Å². The molecule has 156 valence electrons. The molecule has 0 radical (unpaired) electrons. The van der Waals surface area contributed by atoms with Crippen LogP contribution in [-0.2, 0) is 0 Å². The van der Waals surface area contributed by atoms with Crippen LogP contribution in [0.15, 0.2) is 59.7 Å². The second-order valence-electron chi connectivity index (χ2n) is 6.96. The first kappa shape index (κ1) is 22.5. The third kappa shape index (κ3) is 8.81. The maximum atomic E-state index is 12.5. The summed E-state index contributed by atoms with van der Waals surface area (Å²) in [5.74, 6) is 1.05. The van der Waals surface area contributed by atoms with Crippen molar-refractivity contribution in [2.24, 2.45) is 5.10 Å². The number of hydrazone groups is 1. The lowest BCUT2D eigenvalue weighted by molar-refractivity contribution is 0.0949. The highest BCUT2D eigenvalue weighted by atomic mass is 16.5. The van der Waals surface area contributed by atoms with Crippen LogP contribution in [0.2, 0.25) is 0 Å². The predicted octanol–water partition coefficient (Wildman–Crippen LogP) is 5.61. The molecule has 0 aliphatic carbocycles. The van der Waals surface area contributed by atoms with E-state index in [0.29, 0.717) is 24.5 Å². The van der Waals surface area contributed by atoms with Crippen molar-refractivity contribution in [1.29, 1.82) is 0 Å². The van der Waals surface area contributed by atoms with Gasteiger partial charge in [0.25, 0.3) is 5.91 Å². The van der Waals surface area contributed by atoms with Crippen molar-refractivity contribution in [3.05, 3.63) is 60.2 Å². The lowest BCUT2D eigenvalue weighted by Crippen LogP contribution is -2.20. The topological polar surface area (TPSA) is 59.9 Å². The summed E-state index contributed by atoms with van der Waals surface area (Å²) in [5.41, 5.74) is 4.04. The van der Waals surface area contributed by atoms with Crippen LogP contribution in [0.4, 0.5) is 0 Å². The Morgan fingerprint density at radius 3 is 2.38 bits per heavy atom. The molecule has 0 spiro atoms. The molecule has 2 aromatic rings. The molecule has 5 heteroatoms. The molecule has 1 N–H and O–H groups in total. The summed E-state index contributed by atoms with van der Waals surface area (Å²) in [6.07, 6.45) is 6.99. The normalized spacial score (nSPS) is 11.2. The lowest BCUT2D eigenvalue weighted by atomic mass is 10.1. The van der Waals surface area contributed by atoms with Gasteiger partial charge < -0.3 is 9.47 Å². The second-order valence-corrected chi connectivity index (χ2v) is 6.96. The smallest absolute Gasteiger partial charge is 0.275 e. The monoisotopic (exact) mass is 396 g/mol. The maximum absolute atomic E-state index is 12.5. The number of ether oxygens (including phenoxy) is 2. The van der Waals surface area contributed by atoms with E-state index in [9.17, 15) is 4.79 Å². The van der Waals surface area contributed by atoms with Crippen molar-refractivity contribution >= 4 is 11.6 Å². The van der Waals surface area contributed by atoms with Gasteiger partial charge in [-0.15, -0.1) is 0 Å². The third-order valence-electron chi connectivity index (χ3n) is 4.47. The molecule has 0 aromatic heterocycles. The number of nitrogens with one attached hydrogen (secondary N) is 1. The van der Waals surface area contributed by atoms with E-state index >= 15 is 0 Å². The van der Waals surface area contributed by atoms with Gasteiger partial charge >= 0.3 is 0 Å². The minimum Gasteiger partial charge on any atom is -0.490 e. The van der Waals surface area contributed by atoms with Crippen LogP contribution in [0.25, 0.3) is 0 Å². The van der Waals surface area contributed by atoms with E-state index in [1.54, 1.807) is 12.1 Å². The Labute approximate surface area is 174 Å².